The molecule has 0 rings (SSSR count). The Hall–Kier alpha value is -1.44. The fourth-order valence-corrected chi connectivity index (χ4v) is 2.23. The minimum Gasteiger partial charge on any atom is -0.378 e. The van der Waals surface area contributed by atoms with Crippen LogP contribution in [0, 0.1) is 0 Å². The molecule has 0 spiro atoms. The Morgan fingerprint density at radius 2 is 1.73 bits per heavy atom. The molecule has 0 saturated carbocycles. The maximum Gasteiger partial charge on any atom is 0.246 e. The second kappa shape index (κ2) is 18.4. The molecule has 0 fully saturated rings. The van der Waals surface area contributed by atoms with E-state index in [1.807, 2.05) is 0 Å². The number of hydrogen-bond acceptors (Lipinski definition) is 5. The highest BCUT2D eigenvalue weighted by atomic mass is 16.5. The van der Waals surface area contributed by atoms with Crippen LogP contribution in [0.1, 0.15) is 45.4 Å². The summed E-state index contributed by atoms with van der Waals surface area (Å²) in [5.74, 6) is -0.158. The number of rotatable bonds is 18. The molecular weight excluding hydrogens is 334 g/mol. The van der Waals surface area contributed by atoms with E-state index in [9.17, 15) is 9.59 Å². The van der Waals surface area contributed by atoms with Crippen LogP contribution in [0.5, 0.6) is 0 Å². The Bertz CT molecular complexity index is 378. The summed E-state index contributed by atoms with van der Waals surface area (Å²) in [4.78, 5) is 23.1. The molecule has 0 aliphatic carbocycles. The van der Waals surface area contributed by atoms with Crippen molar-refractivity contribution < 1.29 is 19.1 Å². The standard InChI is InChI=1S/C19H37N3O4/c1-4-6-7-8-9-17(5-2)26-16-19(24)22-13-15-25-14-12-21-18(23)10-11-20-3/h5,17,20H,2,4,6-16H2,1,3H3,(H,21,23)(H,22,24). The Kier molecular flexibility index (Phi) is 17.3. The summed E-state index contributed by atoms with van der Waals surface area (Å²) < 4.78 is 10.9. The van der Waals surface area contributed by atoms with Crippen molar-refractivity contribution in [1.29, 1.82) is 0 Å². The fraction of sp³-hybridized carbons (Fsp3) is 0.789. The first-order valence-corrected chi connectivity index (χ1v) is 9.63. The van der Waals surface area contributed by atoms with Crippen LogP contribution >= 0.6 is 0 Å². The van der Waals surface area contributed by atoms with E-state index in [4.69, 9.17) is 9.47 Å². The quantitative estimate of drug-likeness (QED) is 0.250. The fourth-order valence-electron chi connectivity index (χ4n) is 2.23. The van der Waals surface area contributed by atoms with Crippen LogP contribution in [-0.4, -0.2) is 64.4 Å². The summed E-state index contributed by atoms with van der Waals surface area (Å²) in [6.07, 6.45) is 7.75. The molecule has 0 aliphatic rings. The van der Waals surface area contributed by atoms with Crippen LogP contribution < -0.4 is 16.0 Å². The van der Waals surface area contributed by atoms with E-state index in [1.54, 1.807) is 13.1 Å². The molecule has 1 unspecified atom stereocenters. The van der Waals surface area contributed by atoms with E-state index >= 15 is 0 Å². The molecule has 7 nitrogen and oxygen atoms in total. The average molecular weight is 372 g/mol. The van der Waals surface area contributed by atoms with Crippen LogP contribution in [0.15, 0.2) is 12.7 Å². The molecule has 152 valence electrons. The van der Waals surface area contributed by atoms with Crippen LogP contribution in [0.3, 0.4) is 0 Å². The van der Waals surface area contributed by atoms with Gasteiger partial charge in [0, 0.05) is 26.1 Å². The van der Waals surface area contributed by atoms with Crippen molar-refractivity contribution in [3.8, 4) is 0 Å². The highest BCUT2D eigenvalue weighted by Crippen LogP contribution is 2.08. The first-order chi connectivity index (χ1) is 12.6. The maximum atomic E-state index is 11.7. The van der Waals surface area contributed by atoms with Crippen LogP contribution in [0.2, 0.25) is 0 Å². The molecule has 0 saturated heterocycles. The summed E-state index contributed by atoms with van der Waals surface area (Å²) in [6, 6.07) is 0. The van der Waals surface area contributed by atoms with Gasteiger partial charge in [0.15, 0.2) is 0 Å². The zero-order valence-electron chi connectivity index (χ0n) is 16.5. The second-order valence-electron chi connectivity index (χ2n) is 6.10. The lowest BCUT2D eigenvalue weighted by Crippen LogP contribution is -2.33. The van der Waals surface area contributed by atoms with Crippen molar-refractivity contribution in [3.05, 3.63) is 12.7 Å². The van der Waals surface area contributed by atoms with E-state index in [0.29, 0.717) is 39.3 Å². The Morgan fingerprint density at radius 3 is 2.35 bits per heavy atom. The second-order valence-corrected chi connectivity index (χ2v) is 6.10. The number of carbonyl (C=O) groups is 2. The van der Waals surface area contributed by atoms with Gasteiger partial charge in [-0.1, -0.05) is 38.7 Å². The van der Waals surface area contributed by atoms with Crippen LogP contribution in [0.4, 0.5) is 0 Å². The molecular formula is C19H37N3O4. The van der Waals surface area contributed by atoms with Crippen molar-refractivity contribution in [1.82, 2.24) is 16.0 Å². The van der Waals surface area contributed by atoms with Crippen molar-refractivity contribution >= 4 is 11.8 Å². The van der Waals surface area contributed by atoms with Crippen molar-refractivity contribution in [3.63, 3.8) is 0 Å². The summed E-state index contributed by atoms with van der Waals surface area (Å²) in [6.45, 7) is 8.35. The predicted octanol–water partition coefficient (Wildman–Crippen LogP) is 1.39. The van der Waals surface area contributed by atoms with Gasteiger partial charge in [-0.2, -0.15) is 0 Å². The molecule has 2 amide bonds. The molecule has 0 aromatic carbocycles. The van der Waals surface area contributed by atoms with Gasteiger partial charge in [0.1, 0.15) is 6.61 Å². The molecule has 3 N–H and O–H groups in total. The SMILES string of the molecule is C=CC(CCCCCC)OCC(=O)NCCOCCNC(=O)CCNC. The highest BCUT2D eigenvalue weighted by Gasteiger charge is 2.08. The number of unbranched alkanes of at least 4 members (excludes halogenated alkanes) is 3. The zero-order valence-corrected chi connectivity index (χ0v) is 16.5. The number of amides is 2. The van der Waals surface area contributed by atoms with Crippen LogP contribution in [0.25, 0.3) is 0 Å². The van der Waals surface area contributed by atoms with E-state index in [2.05, 4.69) is 29.5 Å². The number of carbonyl (C=O) groups excluding carboxylic acids is 2. The molecule has 0 bridgehead atoms. The molecule has 0 aromatic rings. The van der Waals surface area contributed by atoms with Crippen molar-refractivity contribution in [2.45, 2.75) is 51.6 Å². The van der Waals surface area contributed by atoms with Crippen molar-refractivity contribution in [2.75, 3.05) is 46.5 Å². The predicted molar refractivity (Wildman–Crippen MR) is 104 cm³/mol. The topological polar surface area (TPSA) is 88.7 Å². The van der Waals surface area contributed by atoms with Gasteiger partial charge in [-0.05, 0) is 13.5 Å². The lowest BCUT2D eigenvalue weighted by molar-refractivity contribution is -0.127. The van der Waals surface area contributed by atoms with E-state index < -0.39 is 0 Å². The van der Waals surface area contributed by atoms with Crippen molar-refractivity contribution in [2.24, 2.45) is 0 Å². The summed E-state index contributed by atoms with van der Waals surface area (Å²) in [5.41, 5.74) is 0. The Labute approximate surface area is 158 Å². The summed E-state index contributed by atoms with van der Waals surface area (Å²) >= 11 is 0. The average Bonchev–Trinajstić information content (AvgIpc) is 2.65. The normalized spacial score (nSPS) is 11.8. The van der Waals surface area contributed by atoms with Gasteiger partial charge in [0.2, 0.25) is 11.8 Å². The number of nitrogens with one attached hydrogen (secondary N) is 3. The first-order valence-electron chi connectivity index (χ1n) is 9.63. The third-order valence-electron chi connectivity index (χ3n) is 3.77. The van der Waals surface area contributed by atoms with Crippen LogP contribution in [-0.2, 0) is 19.1 Å². The van der Waals surface area contributed by atoms with Gasteiger partial charge in [-0.25, -0.2) is 0 Å². The summed E-state index contributed by atoms with van der Waals surface area (Å²) in [5, 5.41) is 8.42. The van der Waals surface area contributed by atoms with Gasteiger partial charge in [0.25, 0.3) is 0 Å². The highest BCUT2D eigenvalue weighted by molar-refractivity contribution is 5.77. The molecule has 0 heterocycles. The molecule has 26 heavy (non-hydrogen) atoms. The number of hydrogen-bond donors (Lipinski definition) is 3. The van der Waals surface area contributed by atoms with Gasteiger partial charge in [-0.3, -0.25) is 9.59 Å². The molecule has 7 heteroatoms. The third-order valence-corrected chi connectivity index (χ3v) is 3.77. The first kappa shape index (κ1) is 24.6. The summed E-state index contributed by atoms with van der Waals surface area (Å²) in [7, 11) is 1.81. The monoisotopic (exact) mass is 371 g/mol. The largest absolute Gasteiger partial charge is 0.378 e. The van der Waals surface area contributed by atoms with Gasteiger partial charge in [0.05, 0.1) is 19.3 Å². The van der Waals surface area contributed by atoms with Gasteiger partial charge >= 0.3 is 0 Å². The minimum absolute atomic E-state index is 0.000122. The Balaban J connectivity index is 3.52. The van der Waals surface area contributed by atoms with E-state index in [-0.39, 0.29) is 24.5 Å². The smallest absolute Gasteiger partial charge is 0.246 e. The number of ether oxygens (including phenoxy) is 2. The zero-order chi connectivity index (χ0) is 19.5. The molecule has 1 atom stereocenters. The minimum atomic E-state index is -0.158. The molecule has 0 aromatic heterocycles. The molecule has 0 aliphatic heterocycles. The molecule has 0 radical (unpaired) electrons. The van der Waals surface area contributed by atoms with Gasteiger partial charge < -0.3 is 25.4 Å². The lowest BCUT2D eigenvalue weighted by Gasteiger charge is -2.14. The third kappa shape index (κ3) is 16.1. The van der Waals surface area contributed by atoms with Gasteiger partial charge in [-0.15, -0.1) is 6.58 Å². The Morgan fingerprint density at radius 1 is 1.04 bits per heavy atom. The van der Waals surface area contributed by atoms with E-state index in [1.165, 1.54) is 19.3 Å². The maximum absolute atomic E-state index is 11.7. The van der Waals surface area contributed by atoms with E-state index in [0.717, 1.165) is 12.8 Å². The lowest BCUT2D eigenvalue weighted by atomic mass is 10.1.